The Morgan fingerprint density at radius 3 is 2.74 bits per heavy atom. The van der Waals surface area contributed by atoms with Gasteiger partial charge < -0.3 is 9.30 Å². The normalized spacial score (nSPS) is 10.2. The zero-order valence-electron chi connectivity index (χ0n) is 11.1. The molecule has 4 heteroatoms. The first-order valence-corrected chi connectivity index (χ1v) is 5.98. The second-order valence-electron chi connectivity index (χ2n) is 4.16. The van der Waals surface area contributed by atoms with Crippen LogP contribution in [0.3, 0.4) is 0 Å². The van der Waals surface area contributed by atoms with Gasteiger partial charge in [0.15, 0.2) is 0 Å². The lowest BCUT2D eigenvalue weighted by molar-refractivity contribution is 0.0600. The minimum absolute atomic E-state index is 0.324. The minimum Gasteiger partial charge on any atom is -0.465 e. The molecule has 0 aromatic carbocycles. The molecular weight excluding hydrogens is 240 g/mol. The van der Waals surface area contributed by atoms with Crippen LogP contribution in [-0.2, 0) is 11.3 Å². The molecule has 2 aromatic rings. The van der Waals surface area contributed by atoms with Gasteiger partial charge in [0, 0.05) is 35.9 Å². The molecule has 0 N–H and O–H groups in total. The summed E-state index contributed by atoms with van der Waals surface area (Å²) in [6.45, 7) is 6.30. The Balaban J connectivity index is 2.59. The third kappa shape index (κ3) is 2.42. The number of rotatable bonds is 4. The van der Waals surface area contributed by atoms with Gasteiger partial charge in [0.2, 0.25) is 0 Å². The molecule has 0 saturated heterocycles. The van der Waals surface area contributed by atoms with Crippen LogP contribution in [0.4, 0.5) is 0 Å². The molecule has 0 radical (unpaired) electrons. The topological polar surface area (TPSA) is 44.1 Å². The Kier molecular flexibility index (Phi) is 3.80. The third-order valence-corrected chi connectivity index (χ3v) is 3.06. The molecule has 0 saturated carbocycles. The number of hydrogen-bond donors (Lipinski definition) is 0. The van der Waals surface area contributed by atoms with Gasteiger partial charge in [-0.2, -0.15) is 0 Å². The fourth-order valence-electron chi connectivity index (χ4n) is 2.09. The number of allylic oxidation sites excluding steroid dienone is 1. The van der Waals surface area contributed by atoms with E-state index in [0.29, 0.717) is 12.1 Å². The molecule has 0 aliphatic carbocycles. The number of aromatic nitrogens is 2. The lowest BCUT2D eigenvalue weighted by atomic mass is 10.2. The quantitative estimate of drug-likeness (QED) is 0.624. The minimum atomic E-state index is -0.324. The van der Waals surface area contributed by atoms with Gasteiger partial charge >= 0.3 is 5.97 Å². The van der Waals surface area contributed by atoms with Crippen molar-refractivity contribution in [2.45, 2.75) is 13.5 Å². The maximum atomic E-state index is 11.8. The van der Waals surface area contributed by atoms with Crippen LogP contribution < -0.4 is 0 Å². The Hall–Kier alpha value is -2.36. The summed E-state index contributed by atoms with van der Waals surface area (Å²) < 4.78 is 6.85. The largest absolute Gasteiger partial charge is 0.465 e. The van der Waals surface area contributed by atoms with Crippen LogP contribution in [0.2, 0.25) is 0 Å². The molecule has 19 heavy (non-hydrogen) atoms. The number of nitrogens with zero attached hydrogens (tertiary/aromatic N) is 2. The van der Waals surface area contributed by atoms with E-state index in [1.165, 1.54) is 7.11 Å². The van der Waals surface area contributed by atoms with Crippen molar-refractivity contribution in [1.82, 2.24) is 9.55 Å². The van der Waals surface area contributed by atoms with E-state index in [0.717, 1.165) is 17.0 Å². The van der Waals surface area contributed by atoms with Gasteiger partial charge in [-0.15, -0.1) is 6.58 Å². The highest BCUT2D eigenvalue weighted by atomic mass is 16.5. The van der Waals surface area contributed by atoms with Crippen LogP contribution in [0.25, 0.3) is 11.3 Å². The lowest BCUT2D eigenvalue weighted by Crippen LogP contribution is -2.05. The van der Waals surface area contributed by atoms with Gasteiger partial charge in [0.25, 0.3) is 0 Å². The molecule has 0 aliphatic rings. The first-order valence-electron chi connectivity index (χ1n) is 5.98. The number of ether oxygens (including phenoxy) is 1. The smallest absolute Gasteiger partial charge is 0.339 e. The Morgan fingerprint density at radius 1 is 1.47 bits per heavy atom. The first kappa shape index (κ1) is 13.1. The van der Waals surface area contributed by atoms with Crippen molar-refractivity contribution in [3.63, 3.8) is 0 Å². The predicted octanol–water partition coefficient (Wildman–Crippen LogP) is 2.83. The highest BCUT2D eigenvalue weighted by Crippen LogP contribution is 2.26. The highest BCUT2D eigenvalue weighted by Gasteiger charge is 2.18. The summed E-state index contributed by atoms with van der Waals surface area (Å²) in [5.74, 6) is -0.324. The summed E-state index contributed by atoms with van der Waals surface area (Å²) in [4.78, 5) is 15.8. The number of pyridine rings is 1. The molecule has 2 rings (SSSR count). The van der Waals surface area contributed by atoms with E-state index in [2.05, 4.69) is 11.6 Å². The molecule has 0 aliphatic heterocycles. The summed E-state index contributed by atoms with van der Waals surface area (Å²) in [6.07, 6.45) is 5.26. The lowest BCUT2D eigenvalue weighted by Gasteiger charge is -2.09. The SMILES string of the molecule is C=CCn1c(-c2ccncc2)cc(C(=O)OC)c1C. The molecule has 0 spiro atoms. The molecule has 98 valence electrons. The van der Waals surface area contributed by atoms with Gasteiger partial charge in [0.1, 0.15) is 0 Å². The second-order valence-corrected chi connectivity index (χ2v) is 4.16. The van der Waals surface area contributed by atoms with Crippen molar-refractivity contribution in [2.75, 3.05) is 7.11 Å². The number of carbonyl (C=O) groups is 1. The van der Waals surface area contributed by atoms with Crippen LogP contribution in [0.15, 0.2) is 43.2 Å². The fourth-order valence-corrected chi connectivity index (χ4v) is 2.09. The van der Waals surface area contributed by atoms with Crippen molar-refractivity contribution in [1.29, 1.82) is 0 Å². The zero-order valence-corrected chi connectivity index (χ0v) is 11.1. The Labute approximate surface area is 112 Å². The monoisotopic (exact) mass is 256 g/mol. The third-order valence-electron chi connectivity index (χ3n) is 3.06. The average molecular weight is 256 g/mol. The van der Waals surface area contributed by atoms with Crippen LogP contribution >= 0.6 is 0 Å². The first-order chi connectivity index (χ1) is 9.19. The van der Waals surface area contributed by atoms with Crippen molar-refractivity contribution < 1.29 is 9.53 Å². The molecule has 0 bridgehead atoms. The summed E-state index contributed by atoms with van der Waals surface area (Å²) in [7, 11) is 1.39. The Morgan fingerprint density at radius 2 is 2.16 bits per heavy atom. The number of methoxy groups -OCH3 is 1. The number of carbonyl (C=O) groups excluding carboxylic acids is 1. The van der Waals surface area contributed by atoms with Crippen LogP contribution in [0.1, 0.15) is 16.1 Å². The van der Waals surface area contributed by atoms with Crippen molar-refractivity contribution in [2.24, 2.45) is 0 Å². The maximum absolute atomic E-state index is 11.8. The van der Waals surface area contributed by atoms with Gasteiger partial charge in [-0.25, -0.2) is 4.79 Å². The van der Waals surface area contributed by atoms with E-state index >= 15 is 0 Å². The Bertz CT molecular complexity index is 600. The van der Waals surface area contributed by atoms with Crippen LogP contribution in [0, 0.1) is 6.92 Å². The molecule has 2 aromatic heterocycles. The fraction of sp³-hybridized carbons (Fsp3) is 0.200. The van der Waals surface area contributed by atoms with E-state index in [1.54, 1.807) is 18.5 Å². The summed E-state index contributed by atoms with van der Waals surface area (Å²) in [6, 6.07) is 5.67. The van der Waals surface area contributed by atoms with Crippen LogP contribution in [0.5, 0.6) is 0 Å². The highest BCUT2D eigenvalue weighted by molar-refractivity contribution is 5.92. The number of hydrogen-bond acceptors (Lipinski definition) is 3. The summed E-state index contributed by atoms with van der Waals surface area (Å²) >= 11 is 0. The number of esters is 1. The predicted molar refractivity (Wildman–Crippen MR) is 73.9 cm³/mol. The molecule has 0 amide bonds. The van der Waals surface area contributed by atoms with Crippen molar-refractivity contribution in [3.8, 4) is 11.3 Å². The van der Waals surface area contributed by atoms with Gasteiger partial charge in [-0.05, 0) is 25.1 Å². The molecule has 0 atom stereocenters. The molecule has 4 nitrogen and oxygen atoms in total. The van der Waals surface area contributed by atoms with Gasteiger partial charge in [0.05, 0.1) is 12.7 Å². The van der Waals surface area contributed by atoms with E-state index in [1.807, 2.05) is 29.7 Å². The van der Waals surface area contributed by atoms with E-state index in [4.69, 9.17) is 4.74 Å². The van der Waals surface area contributed by atoms with E-state index < -0.39 is 0 Å². The average Bonchev–Trinajstić information content (AvgIpc) is 2.77. The van der Waals surface area contributed by atoms with Gasteiger partial charge in [-0.3, -0.25) is 4.98 Å². The second kappa shape index (κ2) is 5.52. The van der Waals surface area contributed by atoms with E-state index in [9.17, 15) is 4.79 Å². The van der Waals surface area contributed by atoms with Gasteiger partial charge in [-0.1, -0.05) is 6.08 Å². The summed E-state index contributed by atoms with van der Waals surface area (Å²) in [5, 5.41) is 0. The standard InChI is InChI=1S/C15H16N2O2/c1-4-9-17-11(2)13(15(18)19-3)10-14(17)12-5-7-16-8-6-12/h4-8,10H,1,9H2,2-3H3. The summed E-state index contributed by atoms with van der Waals surface area (Å²) in [5.41, 5.74) is 3.42. The zero-order chi connectivity index (χ0) is 13.8. The van der Waals surface area contributed by atoms with Crippen molar-refractivity contribution >= 4 is 5.97 Å². The van der Waals surface area contributed by atoms with E-state index in [-0.39, 0.29) is 5.97 Å². The molecule has 0 unspecified atom stereocenters. The molecular formula is C15H16N2O2. The maximum Gasteiger partial charge on any atom is 0.339 e. The molecule has 0 fully saturated rings. The molecule has 2 heterocycles. The van der Waals surface area contributed by atoms with Crippen molar-refractivity contribution in [3.05, 3.63) is 54.5 Å². The van der Waals surface area contributed by atoms with Crippen LogP contribution in [-0.4, -0.2) is 22.6 Å².